The Kier molecular flexibility index (Phi) is 12.5. The number of hydrogen-bond acceptors (Lipinski definition) is 9. The number of nitrogens with one attached hydrogen (secondary N) is 2. The Bertz CT molecular complexity index is 968. The van der Waals surface area contributed by atoms with Gasteiger partial charge in [-0.3, -0.25) is 24.5 Å². The van der Waals surface area contributed by atoms with Gasteiger partial charge in [0.1, 0.15) is 18.7 Å². The van der Waals surface area contributed by atoms with Crippen molar-refractivity contribution < 1.29 is 51.9 Å². The minimum Gasteiger partial charge on any atom is -0.475 e. The molecule has 0 radical (unpaired) electrons. The molecule has 1 rings (SSSR count). The van der Waals surface area contributed by atoms with Crippen LogP contribution in [0, 0.1) is 10.1 Å². The van der Waals surface area contributed by atoms with Crippen LogP contribution in [0.1, 0.15) is 25.8 Å². The Morgan fingerprint density at radius 3 is 1.97 bits per heavy atom. The minimum atomic E-state index is -5.08. The van der Waals surface area contributed by atoms with E-state index < -0.39 is 65.3 Å². The van der Waals surface area contributed by atoms with E-state index in [0.717, 1.165) is 0 Å². The number of primary amides is 1. The lowest BCUT2D eigenvalue weighted by Gasteiger charge is -2.20. The highest BCUT2D eigenvalue weighted by atomic mass is 19.4. The highest BCUT2D eigenvalue weighted by molar-refractivity contribution is 5.93. The Morgan fingerprint density at radius 1 is 1.08 bits per heavy atom. The molecule has 0 aromatic heterocycles. The van der Waals surface area contributed by atoms with E-state index in [2.05, 4.69) is 10.6 Å². The van der Waals surface area contributed by atoms with Crippen molar-refractivity contribution in [3.8, 4) is 0 Å². The van der Waals surface area contributed by atoms with E-state index in [1.807, 2.05) is 0 Å². The SMILES string of the molecule is CC(N)C(=O)NC(C)C(=O)NC(CC(N)=O)C(=O)OCc1ccc([N+](=O)[O-])cc1.O=C(O)C(F)(F)F. The molecular formula is C19H24F3N5O9. The molecule has 0 spiro atoms. The molecule has 0 aliphatic rings. The fourth-order valence-corrected chi connectivity index (χ4v) is 2.07. The van der Waals surface area contributed by atoms with Crippen molar-refractivity contribution in [3.05, 3.63) is 39.9 Å². The summed E-state index contributed by atoms with van der Waals surface area (Å²) >= 11 is 0. The maximum Gasteiger partial charge on any atom is 0.490 e. The van der Waals surface area contributed by atoms with Gasteiger partial charge in [0.2, 0.25) is 17.7 Å². The molecule has 0 heterocycles. The number of carbonyl (C=O) groups excluding carboxylic acids is 4. The van der Waals surface area contributed by atoms with Crippen LogP contribution in [0.15, 0.2) is 24.3 Å². The number of nitrogens with zero attached hydrogens (tertiary/aromatic N) is 1. The summed E-state index contributed by atoms with van der Waals surface area (Å²) in [5.74, 6) is -5.85. The average molecular weight is 523 g/mol. The number of nitro groups is 1. The number of alkyl halides is 3. The van der Waals surface area contributed by atoms with Crippen LogP contribution >= 0.6 is 0 Å². The number of aliphatic carboxylic acids is 1. The first-order valence-electron chi connectivity index (χ1n) is 9.80. The van der Waals surface area contributed by atoms with Gasteiger partial charge >= 0.3 is 18.1 Å². The number of rotatable bonds is 10. The second kappa shape index (κ2) is 14.2. The van der Waals surface area contributed by atoms with Crippen molar-refractivity contribution in [2.75, 3.05) is 0 Å². The van der Waals surface area contributed by atoms with Gasteiger partial charge in [0, 0.05) is 12.1 Å². The third kappa shape index (κ3) is 12.3. The monoisotopic (exact) mass is 523 g/mol. The normalized spacial score (nSPS) is 13.1. The van der Waals surface area contributed by atoms with Gasteiger partial charge in [0.15, 0.2) is 0 Å². The molecule has 7 N–H and O–H groups in total. The van der Waals surface area contributed by atoms with Crippen LogP contribution in [0.2, 0.25) is 0 Å². The number of halogens is 3. The highest BCUT2D eigenvalue weighted by Crippen LogP contribution is 2.14. The predicted octanol–water partition coefficient (Wildman–Crippen LogP) is -0.517. The summed E-state index contributed by atoms with van der Waals surface area (Å²) in [5.41, 5.74) is 10.9. The Balaban J connectivity index is 0.00000152. The molecule has 14 nitrogen and oxygen atoms in total. The topological polar surface area (TPSA) is 234 Å². The summed E-state index contributed by atoms with van der Waals surface area (Å²) in [6.07, 6.45) is -5.60. The quantitative estimate of drug-likeness (QED) is 0.149. The van der Waals surface area contributed by atoms with Crippen molar-refractivity contribution in [3.63, 3.8) is 0 Å². The van der Waals surface area contributed by atoms with Gasteiger partial charge in [-0.25, -0.2) is 9.59 Å². The zero-order valence-electron chi connectivity index (χ0n) is 18.9. The van der Waals surface area contributed by atoms with Crippen molar-refractivity contribution in [1.29, 1.82) is 0 Å². The molecule has 200 valence electrons. The number of benzene rings is 1. The Morgan fingerprint density at radius 2 is 1.58 bits per heavy atom. The molecule has 0 aliphatic heterocycles. The molecule has 17 heteroatoms. The molecule has 0 fully saturated rings. The first kappa shape index (κ1) is 31.7. The molecule has 0 saturated carbocycles. The van der Waals surface area contributed by atoms with Gasteiger partial charge in [0.25, 0.3) is 5.69 Å². The highest BCUT2D eigenvalue weighted by Gasteiger charge is 2.38. The summed E-state index contributed by atoms with van der Waals surface area (Å²) in [7, 11) is 0. The largest absolute Gasteiger partial charge is 0.490 e. The minimum absolute atomic E-state index is 0.123. The van der Waals surface area contributed by atoms with Crippen LogP contribution in [-0.2, 0) is 35.3 Å². The molecule has 3 amide bonds. The predicted molar refractivity (Wildman–Crippen MR) is 114 cm³/mol. The number of carboxylic acid groups (broad SMARTS) is 1. The number of non-ortho nitro benzene ring substituents is 1. The van der Waals surface area contributed by atoms with Crippen LogP contribution in [-0.4, -0.2) is 64.0 Å². The van der Waals surface area contributed by atoms with Gasteiger partial charge in [0.05, 0.1) is 17.4 Å². The van der Waals surface area contributed by atoms with Crippen molar-refractivity contribution >= 4 is 35.3 Å². The lowest BCUT2D eigenvalue weighted by Crippen LogP contribution is -2.53. The number of hydrogen-bond donors (Lipinski definition) is 5. The number of carbonyl (C=O) groups is 5. The Hall–Kier alpha value is -4.28. The van der Waals surface area contributed by atoms with Gasteiger partial charge in [-0.2, -0.15) is 13.2 Å². The maximum absolute atomic E-state index is 12.3. The van der Waals surface area contributed by atoms with E-state index in [4.69, 9.17) is 26.1 Å². The average Bonchev–Trinajstić information content (AvgIpc) is 2.76. The maximum atomic E-state index is 12.3. The molecule has 0 saturated heterocycles. The van der Waals surface area contributed by atoms with Crippen LogP contribution in [0.5, 0.6) is 0 Å². The lowest BCUT2D eigenvalue weighted by atomic mass is 10.1. The van der Waals surface area contributed by atoms with Gasteiger partial charge in [-0.05, 0) is 31.5 Å². The number of carboxylic acids is 1. The van der Waals surface area contributed by atoms with E-state index in [9.17, 15) is 42.5 Å². The smallest absolute Gasteiger partial charge is 0.475 e. The number of esters is 1. The van der Waals surface area contributed by atoms with Crippen molar-refractivity contribution in [2.45, 2.75) is 51.2 Å². The summed E-state index contributed by atoms with van der Waals surface area (Å²) in [5, 5.41) is 22.4. The second-order valence-corrected chi connectivity index (χ2v) is 7.08. The number of amides is 3. The fraction of sp³-hybridized carbons (Fsp3) is 0.421. The second-order valence-electron chi connectivity index (χ2n) is 7.08. The molecule has 0 bridgehead atoms. The Labute approximate surface area is 201 Å². The summed E-state index contributed by atoms with van der Waals surface area (Å²) in [6.45, 7) is 2.57. The van der Waals surface area contributed by atoms with Gasteiger partial charge < -0.3 is 31.9 Å². The summed E-state index contributed by atoms with van der Waals surface area (Å²) in [6, 6.07) is 2.07. The van der Waals surface area contributed by atoms with E-state index in [1.54, 1.807) is 0 Å². The van der Waals surface area contributed by atoms with Crippen LogP contribution in [0.4, 0.5) is 18.9 Å². The third-order valence-corrected chi connectivity index (χ3v) is 3.94. The zero-order chi connectivity index (χ0) is 28.2. The molecule has 3 atom stereocenters. The fourth-order valence-electron chi connectivity index (χ4n) is 2.07. The van der Waals surface area contributed by atoms with Crippen molar-refractivity contribution in [1.82, 2.24) is 10.6 Å². The van der Waals surface area contributed by atoms with E-state index in [-0.39, 0.29) is 12.3 Å². The van der Waals surface area contributed by atoms with E-state index >= 15 is 0 Å². The van der Waals surface area contributed by atoms with Gasteiger partial charge in [-0.1, -0.05) is 0 Å². The molecule has 1 aromatic rings. The summed E-state index contributed by atoms with van der Waals surface area (Å²) in [4.78, 5) is 66.2. The van der Waals surface area contributed by atoms with Crippen LogP contribution in [0.25, 0.3) is 0 Å². The van der Waals surface area contributed by atoms with Gasteiger partial charge in [-0.15, -0.1) is 0 Å². The number of nitro benzene ring substituents is 1. The lowest BCUT2D eigenvalue weighted by molar-refractivity contribution is -0.384. The third-order valence-electron chi connectivity index (χ3n) is 3.94. The van der Waals surface area contributed by atoms with Crippen LogP contribution < -0.4 is 22.1 Å². The zero-order valence-corrected chi connectivity index (χ0v) is 18.9. The first-order valence-corrected chi connectivity index (χ1v) is 9.80. The standard InChI is InChI=1S/C17H23N5O7.C2HF3O2/c1-9(18)15(24)20-10(2)16(25)21-13(7-14(19)23)17(26)29-8-11-3-5-12(6-4-11)22(27)28;3-2(4,5)1(6)7/h3-6,9-10,13H,7-8,18H2,1-2H3,(H2,19,23)(H,20,24)(H,21,25);(H,6,7). The molecule has 1 aromatic carbocycles. The first-order chi connectivity index (χ1) is 16.4. The molecule has 3 unspecified atom stereocenters. The van der Waals surface area contributed by atoms with E-state index in [1.165, 1.54) is 38.1 Å². The van der Waals surface area contributed by atoms with Crippen molar-refractivity contribution in [2.24, 2.45) is 11.5 Å². The van der Waals surface area contributed by atoms with Crippen LogP contribution in [0.3, 0.4) is 0 Å². The molecule has 36 heavy (non-hydrogen) atoms. The molecular weight excluding hydrogens is 499 g/mol. The number of nitrogens with two attached hydrogens (primary N) is 2. The molecule has 0 aliphatic carbocycles. The van der Waals surface area contributed by atoms with E-state index in [0.29, 0.717) is 5.56 Å². The number of ether oxygens (including phenoxy) is 1. The summed E-state index contributed by atoms with van der Waals surface area (Å²) < 4.78 is 36.8.